The lowest BCUT2D eigenvalue weighted by atomic mass is 9.94. The van der Waals surface area contributed by atoms with Gasteiger partial charge in [-0.15, -0.1) is 11.3 Å². The summed E-state index contributed by atoms with van der Waals surface area (Å²) in [6.07, 6.45) is 4.63. The summed E-state index contributed by atoms with van der Waals surface area (Å²) in [6.45, 7) is 0. The van der Waals surface area contributed by atoms with Crippen LogP contribution in [0.5, 0.6) is 0 Å². The van der Waals surface area contributed by atoms with Crippen LogP contribution in [0.1, 0.15) is 24.8 Å². The van der Waals surface area contributed by atoms with E-state index in [1.165, 1.54) is 11.3 Å². The van der Waals surface area contributed by atoms with Crippen molar-refractivity contribution in [3.63, 3.8) is 0 Å². The quantitative estimate of drug-likeness (QED) is 0.696. The fraction of sp³-hybridized carbons (Fsp3) is 0.300. The summed E-state index contributed by atoms with van der Waals surface area (Å²) in [5.41, 5.74) is 1.73. The topological polar surface area (TPSA) is 17.1 Å². The van der Waals surface area contributed by atoms with Crippen LogP contribution in [0.15, 0.2) is 17.5 Å². The van der Waals surface area contributed by atoms with Gasteiger partial charge in [-0.05, 0) is 24.3 Å². The van der Waals surface area contributed by atoms with E-state index in [1.54, 1.807) is 0 Å². The third-order valence-corrected chi connectivity index (χ3v) is 3.33. The minimum Gasteiger partial charge on any atom is -0.294 e. The number of halogens is 1. The van der Waals surface area contributed by atoms with Gasteiger partial charge in [0.2, 0.25) is 0 Å². The van der Waals surface area contributed by atoms with Gasteiger partial charge in [-0.25, -0.2) is 0 Å². The molecule has 1 aromatic heterocycles. The Morgan fingerprint density at radius 2 is 2.31 bits per heavy atom. The van der Waals surface area contributed by atoms with E-state index < -0.39 is 0 Å². The Hall–Kier alpha value is -0.600. The predicted molar refractivity (Wildman–Crippen MR) is 56.2 cm³/mol. The molecule has 13 heavy (non-hydrogen) atoms. The standard InChI is InChI=1S/C10H9ClOS/c11-10-8(5-6-13-10)7-3-1-2-4-9(7)12/h3,5-6H,1-2,4H2. The molecule has 0 N–H and O–H groups in total. The molecule has 1 aromatic rings. The van der Waals surface area contributed by atoms with E-state index in [9.17, 15) is 4.79 Å². The fourth-order valence-electron chi connectivity index (χ4n) is 1.50. The van der Waals surface area contributed by atoms with Gasteiger partial charge in [-0.1, -0.05) is 17.7 Å². The number of hydrogen-bond acceptors (Lipinski definition) is 2. The van der Waals surface area contributed by atoms with Crippen molar-refractivity contribution < 1.29 is 4.79 Å². The third kappa shape index (κ3) is 1.69. The van der Waals surface area contributed by atoms with Crippen LogP contribution in [-0.2, 0) is 4.79 Å². The summed E-state index contributed by atoms with van der Waals surface area (Å²) in [7, 11) is 0. The van der Waals surface area contributed by atoms with Crippen LogP contribution in [0.3, 0.4) is 0 Å². The number of thiophene rings is 1. The first-order valence-electron chi connectivity index (χ1n) is 4.26. The van der Waals surface area contributed by atoms with Crippen molar-refractivity contribution in [1.82, 2.24) is 0 Å². The molecule has 0 atom stereocenters. The lowest BCUT2D eigenvalue weighted by Gasteiger charge is -2.10. The highest BCUT2D eigenvalue weighted by Crippen LogP contribution is 2.32. The van der Waals surface area contributed by atoms with Crippen molar-refractivity contribution in [1.29, 1.82) is 0 Å². The Balaban J connectivity index is 2.40. The third-order valence-electron chi connectivity index (χ3n) is 2.16. The highest BCUT2D eigenvalue weighted by Gasteiger charge is 2.17. The normalized spacial score (nSPS) is 17.3. The molecule has 3 heteroatoms. The first kappa shape index (κ1) is 8.97. The molecule has 0 radical (unpaired) electrons. The van der Waals surface area contributed by atoms with E-state index in [4.69, 9.17) is 11.6 Å². The number of hydrogen-bond donors (Lipinski definition) is 0. The molecule has 0 saturated carbocycles. The molecule has 0 fully saturated rings. The number of Topliss-reactive ketones (excluding diaryl/α,β-unsaturated/α-hetero) is 1. The van der Waals surface area contributed by atoms with Crippen molar-refractivity contribution in [2.45, 2.75) is 19.3 Å². The Bertz CT molecular complexity index is 365. The van der Waals surface area contributed by atoms with Crippen LogP contribution in [-0.4, -0.2) is 5.78 Å². The molecule has 1 heterocycles. The monoisotopic (exact) mass is 212 g/mol. The Morgan fingerprint density at radius 3 is 2.92 bits per heavy atom. The SMILES string of the molecule is O=C1CCCC=C1c1ccsc1Cl. The second-order valence-electron chi connectivity index (χ2n) is 3.04. The number of carbonyl (C=O) groups is 1. The molecule has 0 aromatic carbocycles. The van der Waals surface area contributed by atoms with Gasteiger partial charge in [-0.3, -0.25) is 4.79 Å². The zero-order valence-electron chi connectivity index (χ0n) is 7.05. The van der Waals surface area contributed by atoms with Crippen molar-refractivity contribution in [2.24, 2.45) is 0 Å². The second-order valence-corrected chi connectivity index (χ2v) is 4.56. The molecule has 0 amide bonds. The number of allylic oxidation sites excluding steroid dienone is 2. The molecule has 1 aliphatic carbocycles. The van der Waals surface area contributed by atoms with Crippen LogP contribution in [0.4, 0.5) is 0 Å². The maximum atomic E-state index is 11.5. The van der Waals surface area contributed by atoms with Crippen molar-refractivity contribution in [3.8, 4) is 0 Å². The molecule has 2 rings (SSSR count). The summed E-state index contributed by atoms with van der Waals surface area (Å²) in [5.74, 6) is 0.228. The van der Waals surface area contributed by atoms with E-state index in [1.807, 2.05) is 17.5 Å². The lowest BCUT2D eigenvalue weighted by molar-refractivity contribution is -0.114. The summed E-state index contributed by atoms with van der Waals surface area (Å²) < 4.78 is 0.724. The molecule has 0 saturated heterocycles. The van der Waals surface area contributed by atoms with E-state index in [0.717, 1.165) is 28.3 Å². The van der Waals surface area contributed by atoms with Crippen LogP contribution >= 0.6 is 22.9 Å². The highest BCUT2D eigenvalue weighted by atomic mass is 35.5. The lowest BCUT2D eigenvalue weighted by Crippen LogP contribution is -2.05. The number of carbonyl (C=O) groups excluding carboxylic acids is 1. The fourth-order valence-corrected chi connectivity index (χ4v) is 2.45. The second kappa shape index (κ2) is 3.64. The van der Waals surface area contributed by atoms with Gasteiger partial charge in [-0.2, -0.15) is 0 Å². The van der Waals surface area contributed by atoms with Gasteiger partial charge >= 0.3 is 0 Å². The smallest absolute Gasteiger partial charge is 0.163 e. The molecule has 0 spiro atoms. The Kier molecular flexibility index (Phi) is 2.51. The first-order valence-corrected chi connectivity index (χ1v) is 5.51. The van der Waals surface area contributed by atoms with Gasteiger partial charge in [0.1, 0.15) is 4.34 Å². The average Bonchev–Trinajstić information content (AvgIpc) is 2.52. The van der Waals surface area contributed by atoms with Crippen LogP contribution in [0.25, 0.3) is 5.57 Å². The summed E-state index contributed by atoms with van der Waals surface area (Å²) in [6, 6.07) is 1.92. The summed E-state index contributed by atoms with van der Waals surface area (Å²) in [5, 5.41) is 1.92. The van der Waals surface area contributed by atoms with Gasteiger partial charge in [0.05, 0.1) is 0 Å². The average molecular weight is 213 g/mol. The molecule has 0 bridgehead atoms. The van der Waals surface area contributed by atoms with Gasteiger partial charge in [0.15, 0.2) is 5.78 Å². The summed E-state index contributed by atoms with van der Waals surface area (Å²) >= 11 is 7.44. The van der Waals surface area contributed by atoms with Gasteiger partial charge in [0, 0.05) is 17.6 Å². The van der Waals surface area contributed by atoms with E-state index in [2.05, 4.69) is 0 Å². The van der Waals surface area contributed by atoms with Crippen molar-refractivity contribution in [2.75, 3.05) is 0 Å². The molecule has 1 aliphatic rings. The van der Waals surface area contributed by atoms with Crippen molar-refractivity contribution >= 4 is 34.3 Å². The van der Waals surface area contributed by atoms with E-state index >= 15 is 0 Å². The minimum atomic E-state index is 0.228. The van der Waals surface area contributed by atoms with Crippen LogP contribution < -0.4 is 0 Å². The van der Waals surface area contributed by atoms with Gasteiger partial charge in [0.25, 0.3) is 0 Å². The Morgan fingerprint density at radius 1 is 1.46 bits per heavy atom. The van der Waals surface area contributed by atoms with E-state index in [-0.39, 0.29) is 5.78 Å². The number of ketones is 1. The molecule has 0 aliphatic heterocycles. The zero-order chi connectivity index (χ0) is 9.26. The molecule has 0 unspecified atom stereocenters. The molecular weight excluding hydrogens is 204 g/mol. The van der Waals surface area contributed by atoms with Gasteiger partial charge < -0.3 is 0 Å². The Labute approximate surface area is 86.0 Å². The van der Waals surface area contributed by atoms with Crippen LogP contribution in [0, 0.1) is 0 Å². The molecule has 1 nitrogen and oxygen atoms in total. The minimum absolute atomic E-state index is 0.228. The zero-order valence-corrected chi connectivity index (χ0v) is 8.62. The predicted octanol–water partition coefficient (Wildman–Crippen LogP) is 3.54. The first-order chi connectivity index (χ1) is 6.29. The maximum Gasteiger partial charge on any atom is 0.163 e. The largest absolute Gasteiger partial charge is 0.294 e. The molecular formula is C10H9ClOS. The van der Waals surface area contributed by atoms with Crippen molar-refractivity contribution in [3.05, 3.63) is 27.4 Å². The summed E-state index contributed by atoms with van der Waals surface area (Å²) in [4.78, 5) is 11.5. The van der Waals surface area contributed by atoms with Crippen LogP contribution in [0.2, 0.25) is 4.34 Å². The molecule has 68 valence electrons. The maximum absolute atomic E-state index is 11.5. The van der Waals surface area contributed by atoms with E-state index in [0.29, 0.717) is 6.42 Å². The number of rotatable bonds is 1. The highest BCUT2D eigenvalue weighted by molar-refractivity contribution is 7.14.